The van der Waals surface area contributed by atoms with Crippen molar-refractivity contribution in [2.24, 2.45) is 0 Å². The molecule has 0 amide bonds. The van der Waals surface area contributed by atoms with Gasteiger partial charge in [-0.05, 0) is 45.4 Å². The summed E-state index contributed by atoms with van der Waals surface area (Å²) >= 11 is 0. The van der Waals surface area contributed by atoms with Crippen molar-refractivity contribution in [3.63, 3.8) is 0 Å². The van der Waals surface area contributed by atoms with Gasteiger partial charge in [-0.1, -0.05) is 0 Å². The van der Waals surface area contributed by atoms with Crippen molar-refractivity contribution in [1.82, 2.24) is 5.32 Å². The van der Waals surface area contributed by atoms with Gasteiger partial charge in [0, 0.05) is 17.0 Å². The van der Waals surface area contributed by atoms with Crippen molar-refractivity contribution in [2.45, 2.75) is 32.7 Å². The lowest BCUT2D eigenvalue weighted by Gasteiger charge is -2.20. The molecule has 2 heterocycles. The Balaban J connectivity index is 1.81. The van der Waals surface area contributed by atoms with E-state index in [-0.39, 0.29) is 5.54 Å². The summed E-state index contributed by atoms with van der Waals surface area (Å²) < 4.78 is 16.4. The molecule has 1 aliphatic rings. The van der Waals surface area contributed by atoms with Gasteiger partial charge in [0.2, 0.25) is 6.79 Å². The maximum Gasteiger partial charge on any atom is 0.231 e. The first kappa shape index (κ1) is 12.4. The second-order valence-corrected chi connectivity index (χ2v) is 5.89. The third-order valence-electron chi connectivity index (χ3n) is 3.20. The standard InChI is InChI=1S/C15H19NO3/c1-15(2,3)16-5-4-10-8-17-12-7-14-13(6-11(10)12)18-9-19-14/h6-8,16H,4-5,9H2,1-3H3. The van der Waals surface area contributed by atoms with E-state index in [1.807, 2.05) is 18.4 Å². The highest BCUT2D eigenvalue weighted by atomic mass is 16.7. The molecule has 0 unspecified atom stereocenters. The Morgan fingerprint density at radius 2 is 1.89 bits per heavy atom. The van der Waals surface area contributed by atoms with Crippen LogP contribution in [0.25, 0.3) is 11.0 Å². The van der Waals surface area contributed by atoms with Crippen LogP contribution in [0.15, 0.2) is 22.8 Å². The van der Waals surface area contributed by atoms with Gasteiger partial charge in [-0.2, -0.15) is 0 Å². The van der Waals surface area contributed by atoms with Crippen LogP contribution < -0.4 is 14.8 Å². The molecule has 0 fully saturated rings. The van der Waals surface area contributed by atoms with Crippen LogP contribution in [-0.4, -0.2) is 18.9 Å². The average Bonchev–Trinajstić information content (AvgIpc) is 2.91. The number of hydrogen-bond acceptors (Lipinski definition) is 4. The fourth-order valence-corrected chi connectivity index (χ4v) is 2.24. The number of benzene rings is 1. The van der Waals surface area contributed by atoms with Gasteiger partial charge < -0.3 is 19.2 Å². The lowest BCUT2D eigenvalue weighted by molar-refractivity contribution is 0.174. The highest BCUT2D eigenvalue weighted by Gasteiger charge is 2.17. The summed E-state index contributed by atoms with van der Waals surface area (Å²) in [5, 5.41) is 4.59. The topological polar surface area (TPSA) is 43.6 Å². The first-order valence-corrected chi connectivity index (χ1v) is 6.58. The molecule has 0 saturated heterocycles. The fraction of sp³-hybridized carbons (Fsp3) is 0.467. The quantitative estimate of drug-likeness (QED) is 0.922. The summed E-state index contributed by atoms with van der Waals surface area (Å²) in [4.78, 5) is 0. The van der Waals surface area contributed by atoms with Gasteiger partial charge in [0.05, 0.1) is 6.26 Å². The smallest absolute Gasteiger partial charge is 0.231 e. The summed E-state index contributed by atoms with van der Waals surface area (Å²) in [6.45, 7) is 7.71. The minimum absolute atomic E-state index is 0.137. The van der Waals surface area contributed by atoms with E-state index in [2.05, 4.69) is 26.1 Å². The molecule has 102 valence electrons. The first-order chi connectivity index (χ1) is 9.03. The predicted molar refractivity (Wildman–Crippen MR) is 73.8 cm³/mol. The largest absolute Gasteiger partial charge is 0.464 e. The molecule has 0 radical (unpaired) electrons. The van der Waals surface area contributed by atoms with Gasteiger partial charge in [-0.25, -0.2) is 0 Å². The summed E-state index contributed by atoms with van der Waals surface area (Å²) in [7, 11) is 0. The Morgan fingerprint density at radius 3 is 2.63 bits per heavy atom. The molecule has 3 rings (SSSR count). The molecule has 4 nitrogen and oxygen atoms in total. The van der Waals surface area contributed by atoms with E-state index < -0.39 is 0 Å². The van der Waals surface area contributed by atoms with Gasteiger partial charge in [0.15, 0.2) is 11.5 Å². The van der Waals surface area contributed by atoms with Gasteiger partial charge >= 0.3 is 0 Å². The first-order valence-electron chi connectivity index (χ1n) is 6.58. The normalized spacial score (nSPS) is 14.3. The number of nitrogens with one attached hydrogen (secondary N) is 1. The molecule has 4 heteroatoms. The zero-order valence-corrected chi connectivity index (χ0v) is 11.6. The maximum absolute atomic E-state index is 5.59. The van der Waals surface area contributed by atoms with E-state index in [9.17, 15) is 0 Å². The van der Waals surface area contributed by atoms with Crippen LogP contribution in [-0.2, 0) is 6.42 Å². The van der Waals surface area contributed by atoms with Gasteiger partial charge in [-0.15, -0.1) is 0 Å². The molecule has 1 N–H and O–H groups in total. The number of fused-ring (bicyclic) bond motifs is 2. The monoisotopic (exact) mass is 261 g/mol. The van der Waals surface area contributed by atoms with E-state index in [4.69, 9.17) is 13.9 Å². The lowest BCUT2D eigenvalue weighted by atomic mass is 10.1. The molecule has 0 aliphatic carbocycles. The minimum atomic E-state index is 0.137. The van der Waals surface area contributed by atoms with Crippen molar-refractivity contribution in [2.75, 3.05) is 13.3 Å². The predicted octanol–water partition coefficient (Wildman–Crippen LogP) is 3.09. The van der Waals surface area contributed by atoms with E-state index >= 15 is 0 Å². The number of hydrogen-bond donors (Lipinski definition) is 1. The van der Waals surface area contributed by atoms with Gasteiger partial charge in [0.25, 0.3) is 0 Å². The second-order valence-electron chi connectivity index (χ2n) is 5.89. The van der Waals surface area contributed by atoms with Crippen molar-refractivity contribution in [1.29, 1.82) is 0 Å². The lowest BCUT2D eigenvalue weighted by Crippen LogP contribution is -2.37. The van der Waals surface area contributed by atoms with Gasteiger partial charge in [0.1, 0.15) is 5.58 Å². The molecular weight excluding hydrogens is 242 g/mol. The average molecular weight is 261 g/mol. The number of ether oxygens (including phenoxy) is 2. The summed E-state index contributed by atoms with van der Waals surface area (Å²) in [5.74, 6) is 1.57. The highest BCUT2D eigenvalue weighted by molar-refractivity contribution is 5.85. The zero-order valence-electron chi connectivity index (χ0n) is 11.6. The van der Waals surface area contributed by atoms with Crippen molar-refractivity contribution >= 4 is 11.0 Å². The molecule has 1 aromatic carbocycles. The fourth-order valence-electron chi connectivity index (χ4n) is 2.24. The summed E-state index contributed by atoms with van der Waals surface area (Å²) in [6.07, 6.45) is 2.76. The van der Waals surface area contributed by atoms with Gasteiger partial charge in [-0.3, -0.25) is 0 Å². The highest BCUT2D eigenvalue weighted by Crippen LogP contribution is 2.37. The molecule has 0 bridgehead atoms. The van der Waals surface area contributed by atoms with E-state index in [0.717, 1.165) is 35.4 Å². The van der Waals surface area contributed by atoms with Crippen LogP contribution in [0.1, 0.15) is 26.3 Å². The van der Waals surface area contributed by atoms with E-state index in [1.54, 1.807) is 0 Å². The Kier molecular flexibility index (Phi) is 2.90. The molecule has 0 spiro atoms. The van der Waals surface area contributed by atoms with Crippen LogP contribution >= 0.6 is 0 Å². The van der Waals surface area contributed by atoms with E-state index in [1.165, 1.54) is 5.56 Å². The number of furan rings is 1. The minimum Gasteiger partial charge on any atom is -0.464 e. The molecule has 0 atom stereocenters. The van der Waals surface area contributed by atoms with Crippen LogP contribution in [0, 0.1) is 0 Å². The third kappa shape index (κ3) is 2.54. The Labute approximate surface area is 112 Å². The van der Waals surface area contributed by atoms with Crippen molar-refractivity contribution in [3.8, 4) is 11.5 Å². The number of rotatable bonds is 3. The van der Waals surface area contributed by atoms with E-state index in [0.29, 0.717) is 6.79 Å². The van der Waals surface area contributed by atoms with Crippen LogP contribution in [0.4, 0.5) is 0 Å². The molecule has 19 heavy (non-hydrogen) atoms. The third-order valence-corrected chi connectivity index (χ3v) is 3.20. The molecule has 2 aromatic rings. The molecule has 1 aromatic heterocycles. The molecular formula is C15H19NO3. The summed E-state index contributed by atoms with van der Waals surface area (Å²) in [6, 6.07) is 3.91. The maximum atomic E-state index is 5.59. The molecule has 1 aliphatic heterocycles. The van der Waals surface area contributed by atoms with Crippen LogP contribution in [0.5, 0.6) is 11.5 Å². The Bertz CT molecular complexity index is 595. The summed E-state index contributed by atoms with van der Waals surface area (Å²) in [5.41, 5.74) is 2.19. The van der Waals surface area contributed by atoms with Crippen molar-refractivity contribution in [3.05, 3.63) is 24.0 Å². The van der Waals surface area contributed by atoms with Crippen LogP contribution in [0.3, 0.4) is 0 Å². The SMILES string of the molecule is CC(C)(C)NCCc1coc2cc3c(cc12)OCO3. The molecule has 0 saturated carbocycles. The Hall–Kier alpha value is -1.68. The van der Waals surface area contributed by atoms with Crippen molar-refractivity contribution < 1.29 is 13.9 Å². The van der Waals surface area contributed by atoms with Crippen LogP contribution in [0.2, 0.25) is 0 Å². The zero-order chi connectivity index (χ0) is 13.5. The second kappa shape index (κ2) is 4.46. The Morgan fingerprint density at radius 1 is 1.16 bits per heavy atom.